The van der Waals surface area contributed by atoms with Gasteiger partial charge in [0.05, 0.1) is 10.6 Å². The van der Waals surface area contributed by atoms with Gasteiger partial charge >= 0.3 is 0 Å². The van der Waals surface area contributed by atoms with Gasteiger partial charge in [0.2, 0.25) is 0 Å². The predicted molar refractivity (Wildman–Crippen MR) is 114 cm³/mol. The molecule has 1 aromatic heterocycles. The molecule has 3 aromatic carbocycles. The van der Waals surface area contributed by atoms with Crippen LogP contribution in [0.2, 0.25) is 0 Å². The van der Waals surface area contributed by atoms with E-state index in [0.29, 0.717) is 5.69 Å². The van der Waals surface area contributed by atoms with Gasteiger partial charge in [0.15, 0.2) is 0 Å². The molecule has 4 nitrogen and oxygen atoms in total. The molecule has 0 atom stereocenters. The largest absolute Gasteiger partial charge is 0.354 e. The van der Waals surface area contributed by atoms with Crippen molar-refractivity contribution >= 4 is 49.2 Å². The second-order valence-electron chi connectivity index (χ2n) is 5.88. The van der Waals surface area contributed by atoms with Crippen molar-refractivity contribution in [1.82, 2.24) is 4.98 Å². The fourth-order valence-corrected chi connectivity index (χ4v) is 4.28. The molecule has 4 rings (SSSR count). The van der Waals surface area contributed by atoms with E-state index < -0.39 is 10.0 Å². The molecule has 0 radical (unpaired) electrons. The molecular weight excluding hydrogens is 459 g/mol. The average molecular weight is 474 g/mol. The predicted octanol–water partition coefficient (Wildman–Crippen LogP) is 5.24. The van der Waals surface area contributed by atoms with E-state index in [9.17, 15) is 8.42 Å². The number of aromatic nitrogens is 1. The molecule has 0 fully saturated rings. The summed E-state index contributed by atoms with van der Waals surface area (Å²) in [5.74, 6) is 0. The minimum atomic E-state index is -3.66. The molecule has 0 unspecified atom stereocenters. The first-order valence-electron chi connectivity index (χ1n) is 7.98. The first-order chi connectivity index (χ1) is 12.5. The van der Waals surface area contributed by atoms with Gasteiger partial charge in [-0.2, -0.15) is 0 Å². The fraction of sp³-hybridized carbons (Fsp3) is 0. The highest BCUT2D eigenvalue weighted by atomic mass is 127. The van der Waals surface area contributed by atoms with Crippen LogP contribution in [0.4, 0.5) is 5.69 Å². The number of benzene rings is 3. The molecule has 0 bridgehead atoms. The molecule has 2 N–H and O–H groups in total. The number of aromatic amines is 1. The quantitative estimate of drug-likeness (QED) is 0.398. The van der Waals surface area contributed by atoms with Gasteiger partial charge in [0.1, 0.15) is 0 Å². The summed E-state index contributed by atoms with van der Waals surface area (Å²) in [6.07, 6.45) is 0. The molecule has 0 amide bonds. The summed E-state index contributed by atoms with van der Waals surface area (Å²) in [5.41, 5.74) is 3.22. The van der Waals surface area contributed by atoms with Crippen LogP contribution in [0.1, 0.15) is 0 Å². The van der Waals surface area contributed by atoms with E-state index in [0.717, 1.165) is 25.7 Å². The number of rotatable bonds is 4. The zero-order valence-corrected chi connectivity index (χ0v) is 16.6. The second kappa shape index (κ2) is 6.77. The normalized spacial score (nSPS) is 11.6. The Labute approximate surface area is 165 Å². The number of sulfonamides is 1. The number of nitrogens with one attached hydrogen (secondary N) is 2. The molecular formula is C20H15IN2O2S. The van der Waals surface area contributed by atoms with Crippen molar-refractivity contribution in [3.05, 3.63) is 82.4 Å². The monoisotopic (exact) mass is 474 g/mol. The number of halogens is 1. The fourth-order valence-electron chi connectivity index (χ4n) is 2.84. The summed E-state index contributed by atoms with van der Waals surface area (Å²) in [4.78, 5) is 3.59. The molecule has 0 saturated carbocycles. The van der Waals surface area contributed by atoms with Crippen LogP contribution < -0.4 is 4.72 Å². The third-order valence-corrected chi connectivity index (χ3v) is 6.22. The molecule has 0 aliphatic carbocycles. The first-order valence-corrected chi connectivity index (χ1v) is 10.5. The summed E-state index contributed by atoms with van der Waals surface area (Å²) >= 11 is 2.15. The Kier molecular flexibility index (Phi) is 4.46. The lowest BCUT2D eigenvalue weighted by Gasteiger charge is -2.12. The number of hydrogen-bond donors (Lipinski definition) is 2. The van der Waals surface area contributed by atoms with Crippen LogP contribution in [0.5, 0.6) is 0 Å². The molecule has 0 aliphatic heterocycles. The van der Waals surface area contributed by atoms with Gasteiger partial charge in [-0.15, -0.1) is 0 Å². The van der Waals surface area contributed by atoms with Gasteiger partial charge in [0, 0.05) is 25.7 Å². The van der Waals surface area contributed by atoms with Crippen LogP contribution in [0.25, 0.3) is 22.2 Å². The third kappa shape index (κ3) is 3.34. The smallest absolute Gasteiger partial charge is 0.261 e. The van der Waals surface area contributed by atoms with E-state index in [1.165, 1.54) is 0 Å². The van der Waals surface area contributed by atoms with Crippen molar-refractivity contribution in [2.24, 2.45) is 0 Å². The van der Waals surface area contributed by atoms with Crippen LogP contribution in [0.3, 0.4) is 0 Å². The highest BCUT2D eigenvalue weighted by molar-refractivity contribution is 14.1. The summed E-state index contributed by atoms with van der Waals surface area (Å²) < 4.78 is 29.2. The van der Waals surface area contributed by atoms with Gasteiger partial charge in [-0.3, -0.25) is 4.72 Å². The number of para-hydroxylation sites is 2. The summed E-state index contributed by atoms with van der Waals surface area (Å²) in [6.45, 7) is 0. The maximum Gasteiger partial charge on any atom is 0.261 e. The van der Waals surface area contributed by atoms with Crippen molar-refractivity contribution in [1.29, 1.82) is 0 Å². The summed E-state index contributed by atoms with van der Waals surface area (Å²) in [5, 5.41) is 1.08. The summed E-state index contributed by atoms with van der Waals surface area (Å²) in [6, 6.07) is 24.1. The molecule has 4 aromatic rings. The van der Waals surface area contributed by atoms with Crippen molar-refractivity contribution in [3.8, 4) is 11.3 Å². The topological polar surface area (TPSA) is 62.0 Å². The van der Waals surface area contributed by atoms with Crippen molar-refractivity contribution < 1.29 is 8.42 Å². The molecule has 0 saturated heterocycles. The van der Waals surface area contributed by atoms with E-state index in [1.54, 1.807) is 30.3 Å². The van der Waals surface area contributed by atoms with Crippen LogP contribution in [-0.4, -0.2) is 13.4 Å². The lowest BCUT2D eigenvalue weighted by Crippen LogP contribution is -2.13. The minimum absolute atomic E-state index is 0.240. The molecule has 0 spiro atoms. The van der Waals surface area contributed by atoms with Gasteiger partial charge in [-0.1, -0.05) is 36.4 Å². The van der Waals surface area contributed by atoms with Gasteiger partial charge in [-0.25, -0.2) is 8.42 Å². The van der Waals surface area contributed by atoms with E-state index >= 15 is 0 Å². The lowest BCUT2D eigenvalue weighted by atomic mass is 10.1. The zero-order chi connectivity index (χ0) is 18.1. The molecule has 1 heterocycles. The standard InChI is InChI=1S/C20H15IN2O2S/c21-15-9-11-16(12-10-15)26(24,25)23-19-8-4-2-6-17(19)20-13-14-5-1-3-7-18(14)22-20/h1-13,22-23H. The van der Waals surface area contributed by atoms with E-state index in [-0.39, 0.29) is 4.90 Å². The number of fused-ring (bicyclic) bond motifs is 1. The molecule has 26 heavy (non-hydrogen) atoms. The highest BCUT2D eigenvalue weighted by Crippen LogP contribution is 2.31. The molecule has 130 valence electrons. The average Bonchev–Trinajstić information content (AvgIpc) is 3.06. The Morgan fingerprint density at radius 3 is 2.31 bits per heavy atom. The maximum atomic E-state index is 12.7. The van der Waals surface area contributed by atoms with Crippen LogP contribution in [-0.2, 0) is 10.0 Å². The third-order valence-electron chi connectivity index (χ3n) is 4.12. The van der Waals surface area contributed by atoms with E-state index in [1.807, 2.05) is 48.5 Å². The first kappa shape index (κ1) is 17.1. The van der Waals surface area contributed by atoms with Gasteiger partial charge < -0.3 is 4.98 Å². The Balaban J connectivity index is 1.75. The van der Waals surface area contributed by atoms with E-state index in [2.05, 4.69) is 32.3 Å². The molecule has 6 heteroatoms. The van der Waals surface area contributed by atoms with Crippen LogP contribution >= 0.6 is 22.6 Å². The Hall–Kier alpha value is -2.32. The van der Waals surface area contributed by atoms with Crippen molar-refractivity contribution in [3.63, 3.8) is 0 Å². The number of H-pyrrole nitrogens is 1. The molecule has 0 aliphatic rings. The van der Waals surface area contributed by atoms with Gasteiger partial charge in [-0.05, 0) is 65.1 Å². The van der Waals surface area contributed by atoms with Gasteiger partial charge in [0.25, 0.3) is 10.0 Å². The minimum Gasteiger partial charge on any atom is -0.354 e. The Bertz CT molecular complexity index is 1150. The number of anilines is 1. The van der Waals surface area contributed by atoms with Crippen LogP contribution in [0.15, 0.2) is 83.8 Å². The van der Waals surface area contributed by atoms with Crippen LogP contribution in [0, 0.1) is 3.57 Å². The Morgan fingerprint density at radius 2 is 1.54 bits per heavy atom. The zero-order valence-electron chi connectivity index (χ0n) is 13.6. The van der Waals surface area contributed by atoms with Crippen molar-refractivity contribution in [2.45, 2.75) is 4.90 Å². The SMILES string of the molecule is O=S(=O)(Nc1ccccc1-c1cc2ccccc2[nH]1)c1ccc(I)cc1. The maximum absolute atomic E-state index is 12.7. The van der Waals surface area contributed by atoms with Crippen molar-refractivity contribution in [2.75, 3.05) is 4.72 Å². The number of hydrogen-bond acceptors (Lipinski definition) is 2. The Morgan fingerprint density at radius 1 is 0.846 bits per heavy atom. The lowest BCUT2D eigenvalue weighted by molar-refractivity contribution is 0.601. The second-order valence-corrected chi connectivity index (χ2v) is 8.80. The summed E-state index contributed by atoms with van der Waals surface area (Å²) in [7, 11) is -3.66. The van der Waals surface area contributed by atoms with E-state index in [4.69, 9.17) is 0 Å². The highest BCUT2D eigenvalue weighted by Gasteiger charge is 2.17.